The lowest BCUT2D eigenvalue weighted by atomic mass is 10.2. The quantitative estimate of drug-likeness (QED) is 0.840. The van der Waals surface area contributed by atoms with Crippen LogP contribution in [-0.2, 0) is 4.79 Å². The molecule has 2 aromatic carbocycles. The van der Waals surface area contributed by atoms with Gasteiger partial charge in [-0.2, -0.15) is 0 Å². The number of anilines is 1. The highest BCUT2D eigenvalue weighted by molar-refractivity contribution is 5.94. The van der Waals surface area contributed by atoms with Crippen molar-refractivity contribution in [3.8, 4) is 17.2 Å². The molecule has 0 aliphatic rings. The molecule has 0 saturated carbocycles. The number of para-hydroxylation sites is 1. The molecule has 0 bridgehead atoms. The highest BCUT2D eigenvalue weighted by Gasteiger charge is 2.20. The van der Waals surface area contributed by atoms with Crippen molar-refractivity contribution >= 4 is 11.6 Å². The topological polar surface area (TPSA) is 56.8 Å². The molecule has 128 valence electrons. The lowest BCUT2D eigenvalue weighted by Crippen LogP contribution is -2.32. The maximum absolute atomic E-state index is 13.7. The van der Waals surface area contributed by atoms with Crippen LogP contribution >= 0.6 is 0 Å². The Hall–Kier alpha value is -2.76. The second kappa shape index (κ2) is 8.19. The molecule has 0 radical (unpaired) electrons. The summed E-state index contributed by atoms with van der Waals surface area (Å²) < 4.78 is 29.5. The first-order chi connectivity index (χ1) is 11.6. The van der Waals surface area contributed by atoms with Gasteiger partial charge in [0, 0.05) is 11.8 Å². The molecule has 2 rings (SSSR count). The van der Waals surface area contributed by atoms with Crippen molar-refractivity contribution in [2.24, 2.45) is 0 Å². The van der Waals surface area contributed by atoms with Gasteiger partial charge in [0.2, 0.25) is 0 Å². The van der Waals surface area contributed by atoms with Gasteiger partial charge in [-0.3, -0.25) is 4.79 Å². The molecule has 1 atom stereocenters. The number of amides is 1. The molecule has 1 N–H and O–H groups in total. The number of ether oxygens (including phenoxy) is 3. The average molecular weight is 333 g/mol. The molecule has 2 aromatic rings. The van der Waals surface area contributed by atoms with Crippen molar-refractivity contribution in [1.29, 1.82) is 0 Å². The predicted molar refractivity (Wildman–Crippen MR) is 89.3 cm³/mol. The van der Waals surface area contributed by atoms with Crippen LogP contribution in [0.1, 0.15) is 13.3 Å². The standard InChI is InChI=1S/C18H20FNO4/c1-4-14(24-15-8-6-5-7-13(15)19)18(21)20-12-9-10-16(22-2)17(11-12)23-3/h5-11,14H,4H2,1-3H3,(H,20,21). The van der Waals surface area contributed by atoms with E-state index in [0.29, 0.717) is 23.6 Å². The SMILES string of the molecule is CCC(Oc1ccccc1F)C(=O)Nc1ccc(OC)c(OC)c1. The summed E-state index contributed by atoms with van der Waals surface area (Å²) in [5.41, 5.74) is 0.535. The Kier molecular flexibility index (Phi) is 6.01. The Balaban J connectivity index is 2.11. The number of halogens is 1. The third-order valence-electron chi connectivity index (χ3n) is 3.42. The molecule has 0 aromatic heterocycles. The van der Waals surface area contributed by atoms with Gasteiger partial charge in [0.1, 0.15) is 0 Å². The van der Waals surface area contributed by atoms with E-state index in [-0.39, 0.29) is 11.7 Å². The molecule has 1 unspecified atom stereocenters. The summed E-state index contributed by atoms with van der Waals surface area (Å²) in [4.78, 5) is 12.4. The average Bonchev–Trinajstić information content (AvgIpc) is 2.60. The van der Waals surface area contributed by atoms with E-state index >= 15 is 0 Å². The van der Waals surface area contributed by atoms with Gasteiger partial charge in [-0.1, -0.05) is 19.1 Å². The zero-order chi connectivity index (χ0) is 17.5. The third kappa shape index (κ3) is 4.16. The van der Waals surface area contributed by atoms with Gasteiger partial charge in [0.25, 0.3) is 5.91 Å². The Morgan fingerprint density at radius 2 is 1.79 bits per heavy atom. The maximum atomic E-state index is 13.7. The van der Waals surface area contributed by atoms with Crippen molar-refractivity contribution in [2.45, 2.75) is 19.4 Å². The fraction of sp³-hybridized carbons (Fsp3) is 0.278. The van der Waals surface area contributed by atoms with Crippen LogP contribution in [0.5, 0.6) is 17.2 Å². The summed E-state index contributed by atoms with van der Waals surface area (Å²) in [5, 5.41) is 2.74. The largest absolute Gasteiger partial charge is 0.493 e. The number of carbonyl (C=O) groups excluding carboxylic acids is 1. The summed E-state index contributed by atoms with van der Waals surface area (Å²) in [5.74, 6) is 0.234. The van der Waals surface area contributed by atoms with Crippen molar-refractivity contribution in [2.75, 3.05) is 19.5 Å². The second-order valence-electron chi connectivity index (χ2n) is 5.00. The fourth-order valence-electron chi connectivity index (χ4n) is 2.15. The van der Waals surface area contributed by atoms with Crippen LogP contribution in [0.4, 0.5) is 10.1 Å². The molecule has 0 aliphatic carbocycles. The van der Waals surface area contributed by atoms with E-state index < -0.39 is 11.9 Å². The van der Waals surface area contributed by atoms with E-state index in [2.05, 4.69) is 5.32 Å². The number of rotatable bonds is 7. The van der Waals surface area contributed by atoms with Crippen LogP contribution in [0.15, 0.2) is 42.5 Å². The molecule has 0 aliphatic heterocycles. The van der Waals surface area contributed by atoms with Crippen LogP contribution in [0.2, 0.25) is 0 Å². The molecular formula is C18H20FNO4. The smallest absolute Gasteiger partial charge is 0.265 e. The second-order valence-corrected chi connectivity index (χ2v) is 5.00. The zero-order valence-corrected chi connectivity index (χ0v) is 13.8. The van der Waals surface area contributed by atoms with Gasteiger partial charge >= 0.3 is 0 Å². The molecule has 6 heteroatoms. The molecule has 1 amide bonds. The molecule has 0 fully saturated rings. The number of benzene rings is 2. The van der Waals surface area contributed by atoms with Gasteiger partial charge in [-0.15, -0.1) is 0 Å². The predicted octanol–water partition coefficient (Wildman–Crippen LogP) is 3.64. The Morgan fingerprint density at radius 3 is 2.42 bits per heavy atom. The van der Waals surface area contributed by atoms with Gasteiger partial charge in [0.05, 0.1) is 14.2 Å². The first kappa shape index (κ1) is 17.6. The van der Waals surface area contributed by atoms with Gasteiger partial charge < -0.3 is 19.5 Å². The summed E-state index contributed by atoms with van der Waals surface area (Å²) in [7, 11) is 3.05. The van der Waals surface area contributed by atoms with E-state index in [9.17, 15) is 9.18 Å². The summed E-state index contributed by atoms with van der Waals surface area (Å²) >= 11 is 0. The lowest BCUT2D eigenvalue weighted by Gasteiger charge is -2.18. The Morgan fingerprint density at radius 1 is 1.08 bits per heavy atom. The molecular weight excluding hydrogens is 313 g/mol. The van der Waals surface area contributed by atoms with Gasteiger partial charge in [-0.05, 0) is 30.7 Å². The van der Waals surface area contributed by atoms with Gasteiger partial charge in [-0.25, -0.2) is 4.39 Å². The monoisotopic (exact) mass is 333 g/mol. The normalized spacial score (nSPS) is 11.5. The van der Waals surface area contributed by atoms with Crippen LogP contribution in [0, 0.1) is 5.82 Å². The van der Waals surface area contributed by atoms with Crippen LogP contribution in [-0.4, -0.2) is 26.2 Å². The number of hydrogen-bond donors (Lipinski definition) is 1. The van der Waals surface area contributed by atoms with Crippen molar-refractivity contribution in [1.82, 2.24) is 0 Å². The minimum absolute atomic E-state index is 0.0480. The molecule has 24 heavy (non-hydrogen) atoms. The summed E-state index contributed by atoms with van der Waals surface area (Å²) in [6, 6.07) is 11.0. The van der Waals surface area contributed by atoms with Crippen LogP contribution in [0.3, 0.4) is 0 Å². The molecule has 0 saturated heterocycles. The summed E-state index contributed by atoms with van der Waals surface area (Å²) in [6.45, 7) is 1.79. The first-order valence-corrected chi connectivity index (χ1v) is 7.53. The lowest BCUT2D eigenvalue weighted by molar-refractivity contribution is -0.122. The Labute approximate surface area is 140 Å². The van der Waals surface area contributed by atoms with Crippen molar-refractivity contribution in [3.63, 3.8) is 0 Å². The van der Waals surface area contributed by atoms with Gasteiger partial charge in [0.15, 0.2) is 29.2 Å². The minimum Gasteiger partial charge on any atom is -0.493 e. The van der Waals surface area contributed by atoms with Crippen molar-refractivity contribution < 1.29 is 23.4 Å². The third-order valence-corrected chi connectivity index (χ3v) is 3.42. The number of carbonyl (C=O) groups is 1. The van der Waals surface area contributed by atoms with Crippen LogP contribution in [0.25, 0.3) is 0 Å². The molecule has 5 nitrogen and oxygen atoms in total. The number of hydrogen-bond acceptors (Lipinski definition) is 4. The first-order valence-electron chi connectivity index (χ1n) is 7.53. The van der Waals surface area contributed by atoms with E-state index in [1.807, 2.05) is 0 Å². The van der Waals surface area contributed by atoms with Crippen LogP contribution < -0.4 is 19.5 Å². The number of nitrogens with one attached hydrogen (secondary N) is 1. The van der Waals surface area contributed by atoms with E-state index in [4.69, 9.17) is 14.2 Å². The molecule has 0 heterocycles. The maximum Gasteiger partial charge on any atom is 0.265 e. The minimum atomic E-state index is -0.810. The molecule has 0 spiro atoms. The summed E-state index contributed by atoms with van der Waals surface area (Å²) in [6.07, 6.45) is -0.414. The van der Waals surface area contributed by atoms with E-state index in [0.717, 1.165) is 0 Å². The fourth-order valence-corrected chi connectivity index (χ4v) is 2.15. The number of methoxy groups -OCH3 is 2. The Bertz CT molecular complexity index is 705. The highest BCUT2D eigenvalue weighted by Crippen LogP contribution is 2.30. The van der Waals surface area contributed by atoms with E-state index in [1.165, 1.54) is 26.4 Å². The zero-order valence-electron chi connectivity index (χ0n) is 13.8. The highest BCUT2D eigenvalue weighted by atomic mass is 19.1. The van der Waals surface area contributed by atoms with E-state index in [1.54, 1.807) is 37.3 Å². The van der Waals surface area contributed by atoms with Crippen molar-refractivity contribution in [3.05, 3.63) is 48.3 Å².